The van der Waals surface area contributed by atoms with E-state index in [0.717, 1.165) is 6.42 Å². The van der Waals surface area contributed by atoms with Gasteiger partial charge in [0.25, 0.3) is 0 Å². The maximum Gasteiger partial charge on any atom is 0.243 e. The fourth-order valence-electron chi connectivity index (χ4n) is 3.64. The first-order chi connectivity index (χ1) is 17.1. The Morgan fingerprint density at radius 3 is 1.56 bits per heavy atom. The summed E-state index contributed by atoms with van der Waals surface area (Å²) in [6, 6.07) is 9.40. The Kier molecular flexibility index (Phi) is 10.7. The van der Waals surface area contributed by atoms with Crippen molar-refractivity contribution in [3.05, 3.63) is 59.7 Å². The number of hydrogen-bond donors (Lipinski definition) is 6. The van der Waals surface area contributed by atoms with E-state index in [4.69, 9.17) is 5.73 Å². The third kappa shape index (κ3) is 9.28. The van der Waals surface area contributed by atoms with E-state index in [9.17, 15) is 29.4 Å². The molecule has 4 amide bonds. The van der Waals surface area contributed by atoms with Crippen molar-refractivity contribution in [2.45, 2.75) is 64.1 Å². The van der Waals surface area contributed by atoms with E-state index in [1.165, 1.54) is 31.2 Å². The Bertz CT molecular complexity index is 1040. The van der Waals surface area contributed by atoms with Crippen LogP contribution in [-0.2, 0) is 32.0 Å². The van der Waals surface area contributed by atoms with Crippen LogP contribution in [0.25, 0.3) is 0 Å². The number of phenolic OH excluding ortho intramolecular Hbond substituents is 2. The predicted molar refractivity (Wildman–Crippen MR) is 134 cm³/mol. The van der Waals surface area contributed by atoms with Crippen molar-refractivity contribution in [1.82, 2.24) is 16.0 Å². The highest BCUT2D eigenvalue weighted by atomic mass is 16.3. The van der Waals surface area contributed by atoms with Gasteiger partial charge >= 0.3 is 0 Å². The molecule has 2 rings (SSSR count). The number of carbonyl (C=O) groups excluding carboxylic acids is 4. The Labute approximate surface area is 210 Å². The monoisotopic (exact) mass is 498 g/mol. The average molecular weight is 499 g/mol. The minimum Gasteiger partial charge on any atom is -0.508 e. The highest BCUT2D eigenvalue weighted by Crippen LogP contribution is 2.14. The van der Waals surface area contributed by atoms with Crippen molar-refractivity contribution in [3.8, 4) is 11.5 Å². The summed E-state index contributed by atoms with van der Waals surface area (Å²) in [5.41, 5.74) is 6.81. The van der Waals surface area contributed by atoms with Gasteiger partial charge in [0.1, 0.15) is 29.6 Å². The number of benzene rings is 2. The molecule has 194 valence electrons. The van der Waals surface area contributed by atoms with Crippen molar-refractivity contribution in [2.24, 2.45) is 5.73 Å². The van der Waals surface area contributed by atoms with Crippen LogP contribution >= 0.6 is 0 Å². The number of nitrogens with one attached hydrogen (secondary N) is 3. The molecule has 36 heavy (non-hydrogen) atoms. The van der Waals surface area contributed by atoms with E-state index >= 15 is 0 Å². The standard InChI is InChI=1S/C26H34N4O6/c1-3-4-5-21(24(27)34)29-26(36)23(15-18-8-12-20(33)13-9-18)30-25(35)22(28-16(2)31)14-17-6-10-19(32)11-7-17/h6-13,21-23,32-33H,3-5,14-15H2,1-2H3,(H2,27,34)(H,28,31)(H,29,36)(H,30,35)/t21-,22-,23-/m0/s1. The zero-order valence-corrected chi connectivity index (χ0v) is 20.5. The third-order valence-electron chi connectivity index (χ3n) is 5.59. The minimum absolute atomic E-state index is 0.0526. The number of rotatable bonds is 13. The number of primary amides is 1. The summed E-state index contributed by atoms with van der Waals surface area (Å²) < 4.78 is 0. The molecule has 0 saturated heterocycles. The van der Waals surface area contributed by atoms with Gasteiger partial charge in [-0.2, -0.15) is 0 Å². The van der Waals surface area contributed by atoms with E-state index in [1.807, 2.05) is 6.92 Å². The molecule has 0 aromatic heterocycles. The lowest BCUT2D eigenvalue weighted by Crippen LogP contribution is -2.57. The number of unbranched alkanes of at least 4 members (excludes halogenated alkanes) is 1. The Hall–Kier alpha value is -4.08. The number of hydrogen-bond acceptors (Lipinski definition) is 6. The molecule has 0 bridgehead atoms. The molecule has 0 fully saturated rings. The second-order valence-corrected chi connectivity index (χ2v) is 8.66. The molecular weight excluding hydrogens is 464 g/mol. The summed E-state index contributed by atoms with van der Waals surface area (Å²) in [5.74, 6) is -2.17. The summed E-state index contributed by atoms with van der Waals surface area (Å²) in [6.45, 7) is 3.23. The van der Waals surface area contributed by atoms with Crippen LogP contribution in [0, 0.1) is 0 Å². The van der Waals surface area contributed by atoms with Gasteiger partial charge in [-0.25, -0.2) is 0 Å². The van der Waals surface area contributed by atoms with E-state index in [-0.39, 0.29) is 24.3 Å². The van der Waals surface area contributed by atoms with E-state index in [1.54, 1.807) is 24.3 Å². The van der Waals surface area contributed by atoms with Crippen LogP contribution in [0.1, 0.15) is 44.2 Å². The van der Waals surface area contributed by atoms with Gasteiger partial charge in [-0.15, -0.1) is 0 Å². The van der Waals surface area contributed by atoms with Crippen LogP contribution in [0.5, 0.6) is 11.5 Å². The first-order valence-electron chi connectivity index (χ1n) is 11.8. The van der Waals surface area contributed by atoms with Crippen molar-refractivity contribution in [2.75, 3.05) is 0 Å². The van der Waals surface area contributed by atoms with Crippen LogP contribution < -0.4 is 21.7 Å². The van der Waals surface area contributed by atoms with Crippen LogP contribution in [-0.4, -0.2) is 52.0 Å². The molecule has 10 heteroatoms. The normalized spacial score (nSPS) is 13.2. The van der Waals surface area contributed by atoms with E-state index in [0.29, 0.717) is 24.0 Å². The summed E-state index contributed by atoms with van der Waals surface area (Å²) in [7, 11) is 0. The van der Waals surface area contributed by atoms with Gasteiger partial charge < -0.3 is 31.9 Å². The molecule has 0 radical (unpaired) electrons. The maximum absolute atomic E-state index is 13.2. The number of nitrogens with two attached hydrogens (primary N) is 1. The van der Waals surface area contributed by atoms with Gasteiger partial charge in [-0.3, -0.25) is 19.2 Å². The zero-order chi connectivity index (χ0) is 26.7. The summed E-state index contributed by atoms with van der Waals surface area (Å²) in [5, 5.41) is 27.0. The fourth-order valence-corrected chi connectivity index (χ4v) is 3.64. The van der Waals surface area contributed by atoms with Gasteiger partial charge in [-0.05, 0) is 41.8 Å². The largest absolute Gasteiger partial charge is 0.508 e. The Balaban J connectivity index is 2.25. The lowest BCUT2D eigenvalue weighted by Gasteiger charge is -2.25. The molecule has 7 N–H and O–H groups in total. The van der Waals surface area contributed by atoms with Crippen molar-refractivity contribution < 1.29 is 29.4 Å². The van der Waals surface area contributed by atoms with Crippen LogP contribution in [0.15, 0.2) is 48.5 Å². The first kappa shape index (κ1) is 28.2. The van der Waals surface area contributed by atoms with Gasteiger partial charge in [0.15, 0.2) is 0 Å². The SMILES string of the molecule is CCCC[C@H](NC(=O)[C@H](Cc1ccc(O)cc1)NC(=O)[C@H](Cc1ccc(O)cc1)NC(C)=O)C(N)=O. The highest BCUT2D eigenvalue weighted by Gasteiger charge is 2.29. The molecule has 2 aromatic carbocycles. The predicted octanol–water partition coefficient (Wildman–Crippen LogP) is 1.03. The number of carbonyl (C=O) groups is 4. The third-order valence-corrected chi connectivity index (χ3v) is 5.59. The average Bonchev–Trinajstić information content (AvgIpc) is 2.83. The molecule has 0 aliphatic carbocycles. The van der Waals surface area contributed by atoms with E-state index < -0.39 is 41.8 Å². The molecule has 2 aromatic rings. The van der Waals surface area contributed by atoms with Gasteiger partial charge in [-0.1, -0.05) is 44.0 Å². The smallest absolute Gasteiger partial charge is 0.243 e. The van der Waals surface area contributed by atoms with E-state index in [2.05, 4.69) is 16.0 Å². The minimum atomic E-state index is -1.08. The lowest BCUT2D eigenvalue weighted by atomic mass is 10.0. The Morgan fingerprint density at radius 2 is 1.17 bits per heavy atom. The number of aromatic hydroxyl groups is 2. The molecule has 0 aliphatic heterocycles. The highest BCUT2D eigenvalue weighted by molar-refractivity contribution is 5.94. The molecule has 0 unspecified atom stereocenters. The first-order valence-corrected chi connectivity index (χ1v) is 11.8. The fraction of sp³-hybridized carbons (Fsp3) is 0.385. The van der Waals surface area contributed by atoms with Gasteiger partial charge in [0, 0.05) is 19.8 Å². The molecular formula is C26H34N4O6. The van der Waals surface area contributed by atoms with Gasteiger partial charge in [0.05, 0.1) is 0 Å². The molecule has 0 saturated carbocycles. The summed E-state index contributed by atoms with van der Waals surface area (Å²) in [4.78, 5) is 50.0. The number of amides is 4. The van der Waals surface area contributed by atoms with Gasteiger partial charge in [0.2, 0.25) is 23.6 Å². The van der Waals surface area contributed by atoms with Crippen molar-refractivity contribution in [1.29, 1.82) is 0 Å². The van der Waals surface area contributed by atoms with Crippen LogP contribution in [0.3, 0.4) is 0 Å². The van der Waals surface area contributed by atoms with Crippen LogP contribution in [0.4, 0.5) is 0 Å². The molecule has 10 nitrogen and oxygen atoms in total. The summed E-state index contributed by atoms with van der Waals surface area (Å²) in [6.07, 6.45) is 2.05. The molecule has 3 atom stereocenters. The van der Waals surface area contributed by atoms with Crippen molar-refractivity contribution >= 4 is 23.6 Å². The quantitative estimate of drug-likeness (QED) is 0.241. The second kappa shape index (κ2) is 13.7. The molecule has 0 aliphatic rings. The molecule has 0 heterocycles. The topological polar surface area (TPSA) is 171 Å². The number of phenols is 2. The second-order valence-electron chi connectivity index (χ2n) is 8.66. The molecule has 0 spiro atoms. The lowest BCUT2D eigenvalue weighted by molar-refractivity contribution is -0.133. The van der Waals surface area contributed by atoms with Crippen LogP contribution in [0.2, 0.25) is 0 Å². The Morgan fingerprint density at radius 1 is 0.750 bits per heavy atom. The summed E-state index contributed by atoms with van der Waals surface area (Å²) >= 11 is 0. The van der Waals surface area contributed by atoms with Crippen molar-refractivity contribution in [3.63, 3.8) is 0 Å². The maximum atomic E-state index is 13.2. The zero-order valence-electron chi connectivity index (χ0n) is 20.5.